The smallest absolute Gasteiger partial charge is 0.308 e. The summed E-state index contributed by atoms with van der Waals surface area (Å²) in [4.78, 5) is 11.3. The second kappa shape index (κ2) is 7.01. The summed E-state index contributed by atoms with van der Waals surface area (Å²) >= 11 is 0. The van der Waals surface area contributed by atoms with E-state index in [1.165, 1.54) is 6.20 Å². The van der Waals surface area contributed by atoms with Gasteiger partial charge in [0.15, 0.2) is 0 Å². The molecule has 0 bridgehead atoms. The van der Waals surface area contributed by atoms with Gasteiger partial charge in [-0.25, -0.2) is 4.68 Å². The molecule has 2 rings (SSSR count). The molecule has 0 aliphatic rings. The summed E-state index contributed by atoms with van der Waals surface area (Å²) in [6.07, 6.45) is 0.413. The normalized spacial score (nSPS) is 13.7. The summed E-state index contributed by atoms with van der Waals surface area (Å²) in [5, 5.41) is 24.1. The van der Waals surface area contributed by atoms with Crippen LogP contribution in [0.1, 0.15) is 25.0 Å². The summed E-state index contributed by atoms with van der Waals surface area (Å²) in [6, 6.07) is 9.40. The second-order valence-corrected chi connectivity index (χ2v) is 4.58. The standard InChI is InChI=1S/C15H18N2O4/c1-2-21-14(19)8-13(18)15(20)11-9-16-17(10-11)12-6-4-3-5-7-12/h3-7,9-10,13,15,18,20H,2,8H2,1H3. The highest BCUT2D eigenvalue weighted by molar-refractivity contribution is 5.70. The van der Waals surface area contributed by atoms with Crippen LogP contribution in [0.4, 0.5) is 0 Å². The zero-order valence-corrected chi connectivity index (χ0v) is 11.7. The molecule has 1 aromatic carbocycles. The molecule has 0 fully saturated rings. The fourth-order valence-corrected chi connectivity index (χ4v) is 1.94. The highest BCUT2D eigenvalue weighted by Gasteiger charge is 2.23. The molecule has 2 aromatic rings. The Kier molecular flexibility index (Phi) is 5.08. The Bertz CT molecular complexity index is 582. The first kappa shape index (κ1) is 15.2. The van der Waals surface area contributed by atoms with Gasteiger partial charge in [-0.2, -0.15) is 5.10 Å². The lowest BCUT2D eigenvalue weighted by molar-refractivity contribution is -0.147. The van der Waals surface area contributed by atoms with E-state index in [1.807, 2.05) is 30.3 Å². The van der Waals surface area contributed by atoms with Crippen molar-refractivity contribution in [1.29, 1.82) is 0 Å². The Morgan fingerprint density at radius 3 is 2.71 bits per heavy atom. The lowest BCUT2D eigenvalue weighted by atomic mass is 10.1. The molecule has 2 unspecified atom stereocenters. The predicted molar refractivity (Wildman–Crippen MR) is 75.8 cm³/mol. The number of hydrogen-bond acceptors (Lipinski definition) is 5. The first-order chi connectivity index (χ1) is 10.1. The quantitative estimate of drug-likeness (QED) is 0.781. The van der Waals surface area contributed by atoms with Gasteiger partial charge in [-0.15, -0.1) is 0 Å². The van der Waals surface area contributed by atoms with Crippen molar-refractivity contribution >= 4 is 5.97 Å². The lowest BCUT2D eigenvalue weighted by Crippen LogP contribution is -2.22. The first-order valence-electron chi connectivity index (χ1n) is 6.73. The molecule has 0 saturated carbocycles. The van der Waals surface area contributed by atoms with Crippen LogP contribution in [0.3, 0.4) is 0 Å². The number of benzene rings is 1. The molecule has 2 N–H and O–H groups in total. The van der Waals surface area contributed by atoms with Crippen molar-refractivity contribution in [3.8, 4) is 5.69 Å². The van der Waals surface area contributed by atoms with E-state index in [0.29, 0.717) is 5.56 Å². The third-order valence-electron chi connectivity index (χ3n) is 3.01. The average molecular weight is 290 g/mol. The molecule has 112 valence electrons. The number of esters is 1. The van der Waals surface area contributed by atoms with Crippen molar-refractivity contribution in [2.45, 2.75) is 25.6 Å². The zero-order valence-electron chi connectivity index (χ0n) is 11.7. The molecule has 6 heteroatoms. The SMILES string of the molecule is CCOC(=O)CC(O)C(O)c1cnn(-c2ccccc2)c1. The van der Waals surface area contributed by atoms with E-state index in [-0.39, 0.29) is 13.0 Å². The van der Waals surface area contributed by atoms with Crippen LogP contribution in [-0.4, -0.2) is 38.7 Å². The monoisotopic (exact) mass is 290 g/mol. The molecule has 0 saturated heterocycles. The summed E-state index contributed by atoms with van der Waals surface area (Å²) in [6.45, 7) is 1.93. The highest BCUT2D eigenvalue weighted by atomic mass is 16.5. The largest absolute Gasteiger partial charge is 0.466 e. The maximum atomic E-state index is 11.3. The average Bonchev–Trinajstić information content (AvgIpc) is 2.97. The number of para-hydroxylation sites is 1. The summed E-state index contributed by atoms with van der Waals surface area (Å²) in [7, 11) is 0. The molecule has 0 aliphatic carbocycles. The zero-order chi connectivity index (χ0) is 15.2. The third-order valence-corrected chi connectivity index (χ3v) is 3.01. The number of aliphatic hydroxyl groups excluding tert-OH is 2. The summed E-state index contributed by atoms with van der Waals surface area (Å²) in [5.74, 6) is -0.542. The number of hydrogen-bond donors (Lipinski definition) is 2. The van der Waals surface area contributed by atoms with Gasteiger partial charge < -0.3 is 14.9 Å². The number of carbonyl (C=O) groups is 1. The van der Waals surface area contributed by atoms with E-state index in [4.69, 9.17) is 4.74 Å². The van der Waals surface area contributed by atoms with Crippen LogP contribution >= 0.6 is 0 Å². The Hall–Kier alpha value is -2.18. The number of aromatic nitrogens is 2. The van der Waals surface area contributed by atoms with E-state index >= 15 is 0 Å². The Morgan fingerprint density at radius 2 is 2.05 bits per heavy atom. The number of aliphatic hydroxyl groups is 2. The van der Waals surface area contributed by atoms with Crippen molar-refractivity contribution in [3.63, 3.8) is 0 Å². The van der Waals surface area contributed by atoms with E-state index in [0.717, 1.165) is 5.69 Å². The van der Waals surface area contributed by atoms with Gasteiger partial charge >= 0.3 is 5.97 Å². The van der Waals surface area contributed by atoms with Crippen molar-refractivity contribution in [1.82, 2.24) is 9.78 Å². The Labute approximate surface area is 122 Å². The van der Waals surface area contributed by atoms with Gasteiger partial charge in [-0.05, 0) is 19.1 Å². The van der Waals surface area contributed by atoms with Gasteiger partial charge in [-0.1, -0.05) is 18.2 Å². The molecule has 2 atom stereocenters. The van der Waals surface area contributed by atoms with Gasteiger partial charge in [0.1, 0.15) is 6.10 Å². The number of rotatable bonds is 6. The molecular formula is C15H18N2O4. The van der Waals surface area contributed by atoms with Crippen molar-refractivity contribution in [2.24, 2.45) is 0 Å². The molecule has 1 heterocycles. The van der Waals surface area contributed by atoms with Gasteiger partial charge in [0.05, 0.1) is 31.0 Å². The summed E-state index contributed by atoms with van der Waals surface area (Å²) in [5.41, 5.74) is 1.28. The Morgan fingerprint density at radius 1 is 1.33 bits per heavy atom. The second-order valence-electron chi connectivity index (χ2n) is 4.58. The fraction of sp³-hybridized carbons (Fsp3) is 0.333. The minimum absolute atomic E-state index is 0.244. The minimum atomic E-state index is -1.22. The minimum Gasteiger partial charge on any atom is -0.466 e. The van der Waals surface area contributed by atoms with Crippen LogP contribution in [0.25, 0.3) is 5.69 Å². The molecule has 0 radical (unpaired) electrons. The third kappa shape index (κ3) is 3.90. The molecule has 0 aliphatic heterocycles. The van der Waals surface area contributed by atoms with Crippen molar-refractivity contribution in [3.05, 3.63) is 48.3 Å². The topological polar surface area (TPSA) is 84.6 Å². The molecular weight excluding hydrogens is 272 g/mol. The maximum Gasteiger partial charge on any atom is 0.308 e. The van der Waals surface area contributed by atoms with E-state index < -0.39 is 18.2 Å². The van der Waals surface area contributed by atoms with Crippen LogP contribution in [0, 0.1) is 0 Å². The van der Waals surface area contributed by atoms with Crippen LogP contribution in [0.15, 0.2) is 42.7 Å². The van der Waals surface area contributed by atoms with Crippen molar-refractivity contribution in [2.75, 3.05) is 6.61 Å². The number of nitrogens with zero attached hydrogens (tertiary/aromatic N) is 2. The van der Waals surface area contributed by atoms with Crippen LogP contribution in [-0.2, 0) is 9.53 Å². The number of carbonyl (C=O) groups excluding carboxylic acids is 1. The predicted octanol–water partition coefficient (Wildman–Crippen LogP) is 1.22. The van der Waals surface area contributed by atoms with E-state index in [2.05, 4.69) is 5.10 Å². The van der Waals surface area contributed by atoms with E-state index in [9.17, 15) is 15.0 Å². The van der Waals surface area contributed by atoms with Gasteiger partial charge in [-0.3, -0.25) is 4.79 Å². The molecule has 21 heavy (non-hydrogen) atoms. The lowest BCUT2D eigenvalue weighted by Gasteiger charge is -2.15. The maximum absolute atomic E-state index is 11.3. The molecule has 6 nitrogen and oxygen atoms in total. The molecule has 0 spiro atoms. The number of ether oxygens (including phenoxy) is 1. The Balaban J connectivity index is 2.05. The summed E-state index contributed by atoms with van der Waals surface area (Å²) < 4.78 is 6.34. The fourth-order valence-electron chi connectivity index (χ4n) is 1.94. The van der Waals surface area contributed by atoms with Crippen LogP contribution in [0.2, 0.25) is 0 Å². The van der Waals surface area contributed by atoms with Gasteiger partial charge in [0.25, 0.3) is 0 Å². The molecule has 0 amide bonds. The first-order valence-corrected chi connectivity index (χ1v) is 6.73. The molecule has 1 aromatic heterocycles. The van der Waals surface area contributed by atoms with Gasteiger partial charge in [0.2, 0.25) is 0 Å². The highest BCUT2D eigenvalue weighted by Crippen LogP contribution is 2.20. The van der Waals surface area contributed by atoms with Crippen molar-refractivity contribution < 1.29 is 19.7 Å². The van der Waals surface area contributed by atoms with E-state index in [1.54, 1.807) is 17.8 Å². The van der Waals surface area contributed by atoms with Gasteiger partial charge in [0, 0.05) is 11.8 Å². The van der Waals surface area contributed by atoms with Crippen LogP contribution < -0.4 is 0 Å². The van der Waals surface area contributed by atoms with Crippen LogP contribution in [0.5, 0.6) is 0 Å².